The quantitative estimate of drug-likeness (QED) is 0.473. The molecule has 0 spiro atoms. The van der Waals surface area contributed by atoms with Crippen molar-refractivity contribution < 1.29 is 13.0 Å². The monoisotopic (exact) mass is 356 g/mol. The first-order chi connectivity index (χ1) is 7.66. The Balaban J connectivity index is 1.79. The van der Waals surface area contributed by atoms with Crippen molar-refractivity contribution in [3.63, 3.8) is 0 Å². The van der Waals surface area contributed by atoms with Crippen molar-refractivity contribution in [3.05, 3.63) is 9.90 Å². The molecular formula is C9H13IN2O3S. The molecule has 0 amide bonds. The minimum Gasteiger partial charge on any atom is -0.340 e. The Bertz CT molecular complexity index is 357. The van der Waals surface area contributed by atoms with Gasteiger partial charge in [-0.25, -0.2) is 5.06 Å². The molecule has 0 saturated heterocycles. The predicted octanol–water partition coefficient (Wildman–Crippen LogP) is 1.80. The fraction of sp³-hybridized carbons (Fsp3) is 0.778. The van der Waals surface area contributed by atoms with Gasteiger partial charge in [-0.05, 0) is 48.3 Å². The number of rotatable bonds is 4. The Labute approximate surface area is 110 Å². The normalized spacial score (nSPS) is 31.9. The van der Waals surface area contributed by atoms with E-state index < -0.39 is 11.4 Å². The van der Waals surface area contributed by atoms with E-state index in [1.165, 1.54) is 25.7 Å². The van der Waals surface area contributed by atoms with Crippen LogP contribution in [-0.2, 0) is 15.6 Å². The molecule has 2 unspecified atom stereocenters. The van der Waals surface area contributed by atoms with Gasteiger partial charge < -0.3 is 4.90 Å². The topological polar surface area (TPSA) is 53.0 Å². The van der Waals surface area contributed by atoms with Crippen LogP contribution in [0.15, 0.2) is 9.90 Å². The third-order valence-electron chi connectivity index (χ3n) is 3.16. The van der Waals surface area contributed by atoms with Crippen molar-refractivity contribution in [2.75, 3.05) is 0 Å². The minimum atomic E-state index is -2.24. The van der Waals surface area contributed by atoms with Crippen LogP contribution in [-0.4, -0.2) is 30.9 Å². The third kappa shape index (κ3) is 2.09. The number of hydrogen-bond donors (Lipinski definition) is 1. The van der Waals surface area contributed by atoms with Gasteiger partial charge in [-0.1, -0.05) is 0 Å². The van der Waals surface area contributed by atoms with Crippen LogP contribution in [0.25, 0.3) is 0 Å². The van der Waals surface area contributed by atoms with E-state index in [9.17, 15) is 4.21 Å². The maximum absolute atomic E-state index is 10.7. The first-order valence-corrected chi connectivity index (χ1v) is 7.51. The summed E-state index contributed by atoms with van der Waals surface area (Å²) in [5.41, 5.74) is 0. The van der Waals surface area contributed by atoms with Crippen molar-refractivity contribution >= 4 is 34.0 Å². The number of hydrogen-bond acceptors (Lipinski definition) is 4. The Hall–Kier alpha value is 0.140. The molecule has 2 atom stereocenters. The highest BCUT2D eigenvalue weighted by atomic mass is 127. The lowest BCUT2D eigenvalue weighted by molar-refractivity contribution is -0.0806. The van der Waals surface area contributed by atoms with Crippen LogP contribution in [0.1, 0.15) is 25.7 Å². The smallest absolute Gasteiger partial charge is 0.325 e. The molecule has 2 aliphatic carbocycles. The van der Waals surface area contributed by atoms with Crippen LogP contribution in [0.4, 0.5) is 0 Å². The summed E-state index contributed by atoms with van der Waals surface area (Å²) >= 11 is 0.0361. The molecule has 0 radical (unpaired) electrons. The van der Waals surface area contributed by atoms with Crippen LogP contribution < -0.4 is 0 Å². The molecule has 2 fully saturated rings. The van der Waals surface area contributed by atoms with Crippen molar-refractivity contribution in [1.82, 2.24) is 9.96 Å². The van der Waals surface area contributed by atoms with Crippen LogP contribution in [0.2, 0.25) is 0 Å². The molecule has 0 aromatic rings. The van der Waals surface area contributed by atoms with Gasteiger partial charge in [0.15, 0.2) is 0 Å². The summed E-state index contributed by atoms with van der Waals surface area (Å²) in [7, 11) is 0. The summed E-state index contributed by atoms with van der Waals surface area (Å²) in [5.74, 6) is 0.577. The second-order valence-corrected chi connectivity index (χ2v) is 6.18. The summed E-state index contributed by atoms with van der Waals surface area (Å²) in [6.45, 7) is 0. The highest BCUT2D eigenvalue weighted by Crippen LogP contribution is 2.47. The standard InChI is InChI=1S/C9H13IN2O3S/c10-8-5-11(15-16(13)14)9(6-1-2-6)12(8)7-3-4-7/h5-7,9H,1-4H2,(H,13,14). The molecule has 5 nitrogen and oxygen atoms in total. The number of hydroxylamine groups is 2. The van der Waals surface area contributed by atoms with Gasteiger partial charge in [-0.15, -0.1) is 4.28 Å². The van der Waals surface area contributed by atoms with Crippen molar-refractivity contribution in [2.24, 2.45) is 5.92 Å². The van der Waals surface area contributed by atoms with Gasteiger partial charge in [-0.2, -0.15) is 4.21 Å². The maximum atomic E-state index is 10.7. The van der Waals surface area contributed by atoms with Gasteiger partial charge in [0.1, 0.15) is 6.17 Å². The Morgan fingerprint density at radius 1 is 1.44 bits per heavy atom. The van der Waals surface area contributed by atoms with Gasteiger partial charge in [0.2, 0.25) is 0 Å². The van der Waals surface area contributed by atoms with Crippen LogP contribution in [0.3, 0.4) is 0 Å². The summed E-state index contributed by atoms with van der Waals surface area (Å²) in [6, 6.07) is 0.606. The summed E-state index contributed by atoms with van der Waals surface area (Å²) in [5, 5.41) is 1.56. The summed E-state index contributed by atoms with van der Waals surface area (Å²) in [6.07, 6.45) is 6.78. The lowest BCUT2D eigenvalue weighted by Gasteiger charge is -2.31. The summed E-state index contributed by atoms with van der Waals surface area (Å²) in [4.78, 5) is 2.34. The minimum absolute atomic E-state index is 0.135. The second-order valence-electron chi connectivity index (χ2n) is 4.49. The highest BCUT2D eigenvalue weighted by Gasteiger charge is 2.48. The summed E-state index contributed by atoms with van der Waals surface area (Å²) < 4.78 is 25.6. The molecule has 16 heavy (non-hydrogen) atoms. The Morgan fingerprint density at radius 3 is 2.62 bits per heavy atom. The number of nitrogens with zero attached hydrogens (tertiary/aromatic N) is 2. The zero-order valence-electron chi connectivity index (χ0n) is 8.58. The highest BCUT2D eigenvalue weighted by molar-refractivity contribution is 14.1. The molecule has 3 rings (SSSR count). The van der Waals surface area contributed by atoms with Crippen molar-refractivity contribution in [1.29, 1.82) is 0 Å². The molecule has 7 heteroatoms. The van der Waals surface area contributed by atoms with Crippen molar-refractivity contribution in [3.8, 4) is 0 Å². The molecule has 0 aromatic carbocycles. The fourth-order valence-corrected chi connectivity index (χ4v) is 3.44. The molecule has 1 N–H and O–H groups in total. The van der Waals surface area contributed by atoms with E-state index in [1.807, 2.05) is 6.20 Å². The predicted molar refractivity (Wildman–Crippen MR) is 67.2 cm³/mol. The SMILES string of the molecule is O=S(O)ON1C=C(I)N(C2CC2)C1C1CC1. The zero-order valence-corrected chi connectivity index (χ0v) is 11.6. The average molecular weight is 356 g/mol. The van der Waals surface area contributed by atoms with E-state index in [-0.39, 0.29) is 6.17 Å². The molecular weight excluding hydrogens is 343 g/mol. The van der Waals surface area contributed by atoms with Gasteiger partial charge >= 0.3 is 11.4 Å². The second kappa shape index (κ2) is 4.11. The number of halogens is 1. The first kappa shape index (κ1) is 11.2. The van der Waals surface area contributed by atoms with E-state index in [1.54, 1.807) is 5.06 Å². The molecule has 3 aliphatic rings. The molecule has 1 heterocycles. The van der Waals surface area contributed by atoms with E-state index in [4.69, 9.17) is 8.84 Å². The lowest BCUT2D eigenvalue weighted by atomic mass is 10.3. The van der Waals surface area contributed by atoms with Crippen LogP contribution >= 0.6 is 22.6 Å². The molecule has 0 bridgehead atoms. The third-order valence-corrected chi connectivity index (χ3v) is 4.30. The lowest BCUT2D eigenvalue weighted by Crippen LogP contribution is -2.42. The molecule has 1 aliphatic heterocycles. The van der Waals surface area contributed by atoms with E-state index >= 15 is 0 Å². The van der Waals surface area contributed by atoms with Crippen LogP contribution in [0, 0.1) is 5.92 Å². The van der Waals surface area contributed by atoms with Crippen molar-refractivity contribution in [2.45, 2.75) is 37.9 Å². The first-order valence-electron chi connectivity index (χ1n) is 5.40. The van der Waals surface area contributed by atoms with Gasteiger partial charge in [-0.3, -0.25) is 4.55 Å². The molecule has 90 valence electrons. The fourth-order valence-electron chi connectivity index (χ4n) is 2.21. The Kier molecular flexibility index (Phi) is 2.89. The van der Waals surface area contributed by atoms with Crippen LogP contribution in [0.5, 0.6) is 0 Å². The zero-order chi connectivity index (χ0) is 11.3. The maximum Gasteiger partial charge on any atom is 0.325 e. The van der Waals surface area contributed by atoms with E-state index in [2.05, 4.69) is 27.5 Å². The van der Waals surface area contributed by atoms with Gasteiger partial charge in [0.05, 0.1) is 9.90 Å². The van der Waals surface area contributed by atoms with E-state index in [0.717, 1.165) is 3.70 Å². The van der Waals surface area contributed by atoms with E-state index in [0.29, 0.717) is 12.0 Å². The molecule has 0 aromatic heterocycles. The average Bonchev–Trinajstić information content (AvgIpc) is 3.07. The largest absolute Gasteiger partial charge is 0.340 e. The van der Waals surface area contributed by atoms with Gasteiger partial charge in [0, 0.05) is 12.0 Å². The molecule has 2 saturated carbocycles. The van der Waals surface area contributed by atoms with Gasteiger partial charge in [0.25, 0.3) is 0 Å². The Morgan fingerprint density at radius 2 is 2.12 bits per heavy atom.